The van der Waals surface area contributed by atoms with E-state index >= 15 is 0 Å². The van der Waals surface area contributed by atoms with Crippen LogP contribution in [0.3, 0.4) is 0 Å². The van der Waals surface area contributed by atoms with Crippen molar-refractivity contribution < 1.29 is 4.79 Å². The molecule has 2 rings (SSSR count). The number of anilines is 1. The largest absolute Gasteiger partial charge is 0.369 e. The number of amides is 1. The van der Waals surface area contributed by atoms with Gasteiger partial charge in [0.05, 0.1) is 0 Å². The molecule has 1 heterocycles. The summed E-state index contributed by atoms with van der Waals surface area (Å²) in [4.78, 5) is 13.8. The lowest BCUT2D eigenvalue weighted by Crippen LogP contribution is -2.29. The molecule has 0 radical (unpaired) electrons. The molecule has 0 atom stereocenters. The molecule has 0 saturated carbocycles. The number of rotatable bonds is 5. The Hall–Kier alpha value is -1.07. The van der Waals surface area contributed by atoms with E-state index in [0.29, 0.717) is 6.42 Å². The number of carbonyl (C=O) groups excluding carboxylic acids is 1. The standard InChI is InChI=1S/C15H22BrN3O/c1-2-6-17-11-12-10-13(16)3-4-14(12)19-8-5-15(20)18-7-9-19/h3-4,10,17H,2,5-9,11H2,1H3,(H,18,20). The number of hydrogen-bond donors (Lipinski definition) is 2. The van der Waals surface area contributed by atoms with E-state index in [4.69, 9.17) is 0 Å². The predicted octanol–water partition coefficient (Wildman–Crippen LogP) is 2.28. The number of benzene rings is 1. The summed E-state index contributed by atoms with van der Waals surface area (Å²) >= 11 is 3.54. The minimum Gasteiger partial charge on any atom is -0.369 e. The van der Waals surface area contributed by atoms with Gasteiger partial charge in [-0.1, -0.05) is 22.9 Å². The summed E-state index contributed by atoms with van der Waals surface area (Å²) in [5, 5.41) is 6.37. The average molecular weight is 340 g/mol. The average Bonchev–Trinajstić information content (AvgIpc) is 2.64. The summed E-state index contributed by atoms with van der Waals surface area (Å²) in [7, 11) is 0. The first-order valence-electron chi connectivity index (χ1n) is 7.21. The first-order valence-corrected chi connectivity index (χ1v) is 8.01. The Morgan fingerprint density at radius 3 is 3.05 bits per heavy atom. The molecule has 1 aromatic carbocycles. The fourth-order valence-corrected chi connectivity index (χ4v) is 2.82. The summed E-state index contributed by atoms with van der Waals surface area (Å²) in [6, 6.07) is 6.37. The van der Waals surface area contributed by atoms with Crippen LogP contribution in [0.2, 0.25) is 0 Å². The lowest BCUT2D eigenvalue weighted by molar-refractivity contribution is -0.120. The molecule has 2 N–H and O–H groups in total. The van der Waals surface area contributed by atoms with Crippen molar-refractivity contribution in [3.05, 3.63) is 28.2 Å². The van der Waals surface area contributed by atoms with Crippen LogP contribution < -0.4 is 15.5 Å². The van der Waals surface area contributed by atoms with Crippen molar-refractivity contribution in [2.45, 2.75) is 26.3 Å². The summed E-state index contributed by atoms with van der Waals surface area (Å²) in [6.07, 6.45) is 1.70. The zero-order chi connectivity index (χ0) is 14.4. The van der Waals surface area contributed by atoms with E-state index in [9.17, 15) is 4.79 Å². The van der Waals surface area contributed by atoms with E-state index in [1.807, 2.05) is 0 Å². The van der Waals surface area contributed by atoms with Crippen molar-refractivity contribution in [2.24, 2.45) is 0 Å². The third-order valence-electron chi connectivity index (χ3n) is 3.44. The van der Waals surface area contributed by atoms with Gasteiger partial charge in [-0.25, -0.2) is 0 Å². The van der Waals surface area contributed by atoms with Gasteiger partial charge < -0.3 is 15.5 Å². The molecule has 1 aliphatic rings. The molecule has 1 aromatic rings. The fourth-order valence-electron chi connectivity index (χ4n) is 2.41. The minimum absolute atomic E-state index is 0.148. The summed E-state index contributed by atoms with van der Waals surface area (Å²) in [5.41, 5.74) is 2.51. The second kappa shape index (κ2) is 7.64. The molecule has 1 aliphatic heterocycles. The van der Waals surface area contributed by atoms with Crippen LogP contribution in [0.1, 0.15) is 25.3 Å². The number of carbonyl (C=O) groups is 1. The van der Waals surface area contributed by atoms with Crippen molar-refractivity contribution in [1.82, 2.24) is 10.6 Å². The Morgan fingerprint density at radius 1 is 1.40 bits per heavy atom. The molecule has 1 amide bonds. The van der Waals surface area contributed by atoms with E-state index in [2.05, 4.69) is 56.6 Å². The predicted molar refractivity (Wildman–Crippen MR) is 86.0 cm³/mol. The van der Waals surface area contributed by atoms with E-state index in [0.717, 1.165) is 43.6 Å². The van der Waals surface area contributed by atoms with Gasteiger partial charge in [-0.05, 0) is 36.7 Å². The zero-order valence-corrected chi connectivity index (χ0v) is 13.5. The van der Waals surface area contributed by atoms with Gasteiger partial charge >= 0.3 is 0 Å². The van der Waals surface area contributed by atoms with Gasteiger partial charge in [0.2, 0.25) is 5.91 Å². The van der Waals surface area contributed by atoms with Gasteiger partial charge in [0.25, 0.3) is 0 Å². The maximum atomic E-state index is 11.5. The lowest BCUT2D eigenvalue weighted by atomic mass is 10.1. The van der Waals surface area contributed by atoms with Crippen LogP contribution in [-0.4, -0.2) is 32.1 Å². The van der Waals surface area contributed by atoms with E-state index < -0.39 is 0 Å². The lowest BCUT2D eigenvalue weighted by Gasteiger charge is -2.25. The van der Waals surface area contributed by atoms with Gasteiger partial charge in [0.15, 0.2) is 0 Å². The van der Waals surface area contributed by atoms with Crippen molar-refractivity contribution >= 4 is 27.5 Å². The van der Waals surface area contributed by atoms with Gasteiger partial charge in [-0.15, -0.1) is 0 Å². The molecule has 0 unspecified atom stereocenters. The first kappa shape index (κ1) is 15.3. The maximum Gasteiger partial charge on any atom is 0.221 e. The van der Waals surface area contributed by atoms with Crippen LogP contribution in [0.15, 0.2) is 22.7 Å². The molecule has 1 fully saturated rings. The molecule has 110 valence electrons. The Morgan fingerprint density at radius 2 is 2.25 bits per heavy atom. The maximum absolute atomic E-state index is 11.5. The van der Waals surface area contributed by atoms with Crippen LogP contribution >= 0.6 is 15.9 Å². The highest BCUT2D eigenvalue weighted by Gasteiger charge is 2.16. The number of halogens is 1. The highest BCUT2D eigenvalue weighted by Crippen LogP contribution is 2.25. The van der Waals surface area contributed by atoms with E-state index in [-0.39, 0.29) is 5.91 Å². The van der Waals surface area contributed by atoms with Gasteiger partial charge in [-0.3, -0.25) is 4.79 Å². The highest BCUT2D eigenvalue weighted by molar-refractivity contribution is 9.10. The normalized spacial score (nSPS) is 15.9. The van der Waals surface area contributed by atoms with Crippen molar-refractivity contribution in [3.63, 3.8) is 0 Å². The molecule has 20 heavy (non-hydrogen) atoms. The summed E-state index contributed by atoms with van der Waals surface area (Å²) < 4.78 is 1.10. The fraction of sp³-hybridized carbons (Fsp3) is 0.533. The minimum atomic E-state index is 0.148. The molecule has 1 saturated heterocycles. The van der Waals surface area contributed by atoms with Crippen molar-refractivity contribution in [3.8, 4) is 0 Å². The summed E-state index contributed by atoms with van der Waals surface area (Å²) in [5.74, 6) is 0.148. The molecule has 5 heteroatoms. The van der Waals surface area contributed by atoms with Gasteiger partial charge in [0, 0.05) is 42.8 Å². The zero-order valence-electron chi connectivity index (χ0n) is 11.9. The highest BCUT2D eigenvalue weighted by atomic mass is 79.9. The third-order valence-corrected chi connectivity index (χ3v) is 3.93. The van der Waals surface area contributed by atoms with Crippen LogP contribution in [0.4, 0.5) is 5.69 Å². The quantitative estimate of drug-likeness (QED) is 0.809. The molecule has 4 nitrogen and oxygen atoms in total. The SMILES string of the molecule is CCCNCc1cc(Br)ccc1N1CCNC(=O)CC1. The van der Waals surface area contributed by atoms with Gasteiger partial charge in [0.1, 0.15) is 0 Å². The first-order chi connectivity index (χ1) is 9.70. The summed E-state index contributed by atoms with van der Waals surface area (Å²) in [6.45, 7) is 6.42. The smallest absolute Gasteiger partial charge is 0.221 e. The molecular weight excluding hydrogens is 318 g/mol. The van der Waals surface area contributed by atoms with Crippen LogP contribution in [0.25, 0.3) is 0 Å². The Balaban J connectivity index is 2.14. The Kier molecular flexibility index (Phi) is 5.86. The number of hydrogen-bond acceptors (Lipinski definition) is 3. The molecule has 0 spiro atoms. The second-order valence-corrected chi connectivity index (χ2v) is 5.95. The van der Waals surface area contributed by atoms with Crippen LogP contribution in [0, 0.1) is 0 Å². The Bertz CT molecular complexity index is 464. The third kappa shape index (κ3) is 4.21. The second-order valence-electron chi connectivity index (χ2n) is 5.04. The van der Waals surface area contributed by atoms with Gasteiger partial charge in [-0.2, -0.15) is 0 Å². The van der Waals surface area contributed by atoms with Crippen molar-refractivity contribution in [1.29, 1.82) is 0 Å². The molecular formula is C15H22BrN3O. The van der Waals surface area contributed by atoms with Crippen LogP contribution in [-0.2, 0) is 11.3 Å². The number of nitrogens with one attached hydrogen (secondary N) is 2. The monoisotopic (exact) mass is 339 g/mol. The molecule has 0 aliphatic carbocycles. The molecule has 0 aromatic heterocycles. The van der Waals surface area contributed by atoms with Crippen LogP contribution in [0.5, 0.6) is 0 Å². The van der Waals surface area contributed by atoms with E-state index in [1.165, 1.54) is 11.3 Å². The van der Waals surface area contributed by atoms with E-state index in [1.54, 1.807) is 0 Å². The van der Waals surface area contributed by atoms with Crippen molar-refractivity contribution in [2.75, 3.05) is 31.1 Å². The Labute approximate surface area is 129 Å². The topological polar surface area (TPSA) is 44.4 Å². The number of nitrogens with zero attached hydrogens (tertiary/aromatic N) is 1. The molecule has 0 bridgehead atoms.